The number of carbonyl (C=O) groups excluding carboxylic acids is 1. The molecule has 4 heteroatoms. The molecule has 88 valence electrons. The average Bonchev–Trinajstić information content (AvgIpc) is 2.61. The fourth-order valence-corrected chi connectivity index (χ4v) is 1.79. The van der Waals surface area contributed by atoms with Crippen LogP contribution in [0.25, 0.3) is 6.08 Å². The van der Waals surface area contributed by atoms with Crippen molar-refractivity contribution in [3.05, 3.63) is 28.0 Å². The van der Waals surface area contributed by atoms with Crippen LogP contribution in [-0.2, 0) is 9.63 Å². The topological polar surface area (TPSA) is 38.3 Å². The lowest BCUT2D eigenvalue weighted by atomic mass is 10.2. The van der Waals surface area contributed by atoms with E-state index in [0.717, 1.165) is 4.88 Å². The molecule has 0 spiro atoms. The number of hydrogen-bond acceptors (Lipinski definition) is 3. The smallest absolute Gasteiger partial charge is 0.267 e. The van der Waals surface area contributed by atoms with Gasteiger partial charge in [0, 0.05) is 15.8 Å². The van der Waals surface area contributed by atoms with Gasteiger partial charge in [-0.05, 0) is 31.1 Å². The third-order valence-electron chi connectivity index (χ3n) is 1.75. The standard InChI is InChI=1S/C12H17NO2S/c1-9(2)8-15-13-12(14)7-6-11-5-4-10(3)16-11/h4-7,9H,8H2,1-3H3,(H,13,14)/b7-6+. The third-order valence-corrected chi connectivity index (χ3v) is 2.72. The average molecular weight is 239 g/mol. The number of hydrogen-bond donors (Lipinski definition) is 1. The molecule has 1 aromatic rings. The minimum Gasteiger partial charge on any atom is -0.273 e. The lowest BCUT2D eigenvalue weighted by Gasteiger charge is -2.05. The van der Waals surface area contributed by atoms with Crippen LogP contribution in [0.1, 0.15) is 23.6 Å². The van der Waals surface area contributed by atoms with Crippen molar-refractivity contribution >= 4 is 23.3 Å². The molecular formula is C12H17NO2S. The van der Waals surface area contributed by atoms with Gasteiger partial charge in [0.25, 0.3) is 5.91 Å². The van der Waals surface area contributed by atoms with Gasteiger partial charge in [-0.15, -0.1) is 11.3 Å². The van der Waals surface area contributed by atoms with Crippen LogP contribution in [0.5, 0.6) is 0 Å². The van der Waals surface area contributed by atoms with Crippen molar-refractivity contribution in [2.45, 2.75) is 20.8 Å². The lowest BCUT2D eigenvalue weighted by Crippen LogP contribution is -2.23. The summed E-state index contributed by atoms with van der Waals surface area (Å²) < 4.78 is 0. The van der Waals surface area contributed by atoms with Gasteiger partial charge in [0.1, 0.15) is 0 Å². The fourth-order valence-electron chi connectivity index (χ4n) is 1.01. The normalized spacial score (nSPS) is 11.2. The van der Waals surface area contributed by atoms with Gasteiger partial charge in [-0.2, -0.15) is 0 Å². The highest BCUT2D eigenvalue weighted by molar-refractivity contribution is 7.12. The first-order chi connectivity index (χ1) is 7.58. The molecule has 0 saturated heterocycles. The summed E-state index contributed by atoms with van der Waals surface area (Å²) in [6.07, 6.45) is 3.26. The van der Waals surface area contributed by atoms with Crippen molar-refractivity contribution in [1.29, 1.82) is 0 Å². The Morgan fingerprint density at radius 3 is 2.88 bits per heavy atom. The van der Waals surface area contributed by atoms with E-state index in [-0.39, 0.29) is 5.91 Å². The minimum absolute atomic E-state index is 0.230. The third kappa shape index (κ3) is 5.09. The number of thiophene rings is 1. The summed E-state index contributed by atoms with van der Waals surface area (Å²) in [5.41, 5.74) is 2.37. The van der Waals surface area contributed by atoms with E-state index in [0.29, 0.717) is 12.5 Å². The SMILES string of the molecule is Cc1ccc(/C=C/C(=O)NOCC(C)C)s1. The number of rotatable bonds is 5. The van der Waals surface area contributed by atoms with E-state index in [9.17, 15) is 4.79 Å². The van der Waals surface area contributed by atoms with Crippen molar-refractivity contribution in [3.63, 3.8) is 0 Å². The first-order valence-electron chi connectivity index (χ1n) is 5.24. The van der Waals surface area contributed by atoms with E-state index >= 15 is 0 Å². The van der Waals surface area contributed by atoms with E-state index in [1.807, 2.05) is 32.9 Å². The van der Waals surface area contributed by atoms with Gasteiger partial charge < -0.3 is 0 Å². The van der Waals surface area contributed by atoms with Crippen LogP contribution >= 0.6 is 11.3 Å². The molecule has 1 rings (SSSR count). The summed E-state index contributed by atoms with van der Waals surface area (Å²) in [4.78, 5) is 18.6. The van der Waals surface area contributed by atoms with Gasteiger partial charge in [-0.3, -0.25) is 9.63 Å². The molecule has 0 aromatic carbocycles. The highest BCUT2D eigenvalue weighted by atomic mass is 32.1. The molecule has 0 radical (unpaired) electrons. The summed E-state index contributed by atoms with van der Waals surface area (Å²) in [5.74, 6) is 0.177. The summed E-state index contributed by atoms with van der Waals surface area (Å²) >= 11 is 1.65. The Hall–Kier alpha value is -1.13. The van der Waals surface area contributed by atoms with E-state index in [2.05, 4.69) is 5.48 Å². The molecule has 1 aromatic heterocycles. The number of aryl methyl sites for hydroxylation is 1. The Balaban J connectivity index is 2.31. The predicted octanol–water partition coefficient (Wildman–Crippen LogP) is 2.77. The molecule has 3 nitrogen and oxygen atoms in total. The second-order valence-electron chi connectivity index (χ2n) is 3.95. The van der Waals surface area contributed by atoms with E-state index in [1.54, 1.807) is 17.4 Å². The van der Waals surface area contributed by atoms with Crippen LogP contribution < -0.4 is 5.48 Å². The van der Waals surface area contributed by atoms with Gasteiger partial charge >= 0.3 is 0 Å². The van der Waals surface area contributed by atoms with E-state index in [1.165, 1.54) is 11.0 Å². The molecule has 0 aliphatic heterocycles. The van der Waals surface area contributed by atoms with Crippen LogP contribution in [0, 0.1) is 12.8 Å². The van der Waals surface area contributed by atoms with Crippen molar-refractivity contribution in [2.75, 3.05) is 6.61 Å². The molecule has 1 amide bonds. The second kappa shape index (κ2) is 6.45. The lowest BCUT2D eigenvalue weighted by molar-refractivity contribution is -0.129. The van der Waals surface area contributed by atoms with Crippen molar-refractivity contribution < 1.29 is 9.63 Å². The van der Waals surface area contributed by atoms with Crippen molar-refractivity contribution in [2.24, 2.45) is 5.92 Å². The molecular weight excluding hydrogens is 222 g/mol. The first-order valence-corrected chi connectivity index (χ1v) is 6.06. The Kier molecular flexibility index (Phi) is 5.22. The van der Waals surface area contributed by atoms with Gasteiger partial charge in [0.05, 0.1) is 6.61 Å². The van der Waals surface area contributed by atoms with Gasteiger partial charge in [0.2, 0.25) is 0 Å². The molecule has 0 aliphatic carbocycles. The van der Waals surface area contributed by atoms with Crippen LogP contribution in [0.15, 0.2) is 18.2 Å². The number of nitrogens with one attached hydrogen (secondary N) is 1. The Bertz CT molecular complexity index is 369. The number of amides is 1. The molecule has 16 heavy (non-hydrogen) atoms. The highest BCUT2D eigenvalue weighted by Crippen LogP contribution is 2.16. The maximum absolute atomic E-state index is 11.3. The van der Waals surface area contributed by atoms with Crippen molar-refractivity contribution in [1.82, 2.24) is 5.48 Å². The molecule has 0 aliphatic rings. The number of hydroxylamine groups is 1. The maximum Gasteiger partial charge on any atom is 0.267 e. The molecule has 0 fully saturated rings. The predicted molar refractivity (Wildman–Crippen MR) is 67.0 cm³/mol. The zero-order valence-electron chi connectivity index (χ0n) is 9.82. The summed E-state index contributed by atoms with van der Waals surface area (Å²) in [6.45, 7) is 6.61. The van der Waals surface area contributed by atoms with Crippen LogP contribution in [0.2, 0.25) is 0 Å². The maximum atomic E-state index is 11.3. The van der Waals surface area contributed by atoms with Crippen LogP contribution in [0.3, 0.4) is 0 Å². The molecule has 0 unspecified atom stereocenters. The molecule has 0 saturated carbocycles. The summed E-state index contributed by atoms with van der Waals surface area (Å²) in [7, 11) is 0. The summed E-state index contributed by atoms with van der Waals surface area (Å²) in [5, 5.41) is 0. The largest absolute Gasteiger partial charge is 0.273 e. The van der Waals surface area contributed by atoms with Gasteiger partial charge in [-0.1, -0.05) is 13.8 Å². The second-order valence-corrected chi connectivity index (χ2v) is 5.27. The highest BCUT2D eigenvalue weighted by Gasteiger charge is 1.98. The van der Waals surface area contributed by atoms with Crippen LogP contribution in [0.4, 0.5) is 0 Å². The molecule has 0 bridgehead atoms. The zero-order valence-corrected chi connectivity index (χ0v) is 10.6. The summed E-state index contributed by atoms with van der Waals surface area (Å²) in [6, 6.07) is 4.01. The number of carbonyl (C=O) groups is 1. The minimum atomic E-state index is -0.230. The van der Waals surface area contributed by atoms with Gasteiger partial charge in [0.15, 0.2) is 0 Å². The van der Waals surface area contributed by atoms with Crippen molar-refractivity contribution in [3.8, 4) is 0 Å². The monoisotopic (exact) mass is 239 g/mol. The fraction of sp³-hybridized carbons (Fsp3) is 0.417. The zero-order chi connectivity index (χ0) is 12.0. The van der Waals surface area contributed by atoms with Crippen LogP contribution in [-0.4, -0.2) is 12.5 Å². The van der Waals surface area contributed by atoms with Gasteiger partial charge in [-0.25, -0.2) is 5.48 Å². The molecule has 0 atom stereocenters. The van der Waals surface area contributed by atoms with E-state index in [4.69, 9.17) is 4.84 Å². The quantitative estimate of drug-likeness (QED) is 0.634. The first kappa shape index (κ1) is 12.9. The Morgan fingerprint density at radius 1 is 1.56 bits per heavy atom. The molecule has 1 N–H and O–H groups in total. The molecule has 1 heterocycles. The Labute approximate surface area is 100 Å². The Morgan fingerprint density at radius 2 is 2.31 bits per heavy atom. The van der Waals surface area contributed by atoms with E-state index < -0.39 is 0 Å².